The molecule has 1 atom stereocenters. The Balaban J connectivity index is 1.96. The molecule has 1 aromatic heterocycles. The molecule has 0 saturated carbocycles. The number of nitrogens with one attached hydrogen (secondary N) is 1. The van der Waals surface area contributed by atoms with Gasteiger partial charge in [-0.3, -0.25) is 4.79 Å². The van der Waals surface area contributed by atoms with Crippen molar-refractivity contribution in [3.63, 3.8) is 0 Å². The van der Waals surface area contributed by atoms with Crippen molar-refractivity contribution >= 4 is 11.9 Å². The molecule has 1 amide bonds. The fraction of sp³-hybridized carbons (Fsp3) is 0.292. The second kappa shape index (κ2) is 9.14. The van der Waals surface area contributed by atoms with E-state index in [1.807, 2.05) is 54.6 Å². The average Bonchev–Trinajstić information content (AvgIpc) is 3.23. The third-order valence-corrected chi connectivity index (χ3v) is 5.05. The first kappa shape index (κ1) is 22.2. The van der Waals surface area contributed by atoms with Crippen molar-refractivity contribution in [3.05, 3.63) is 71.9 Å². The minimum Gasteiger partial charge on any atom is -0.467 e. The van der Waals surface area contributed by atoms with Gasteiger partial charge in [0.05, 0.1) is 24.9 Å². The Morgan fingerprint density at radius 3 is 2.35 bits per heavy atom. The molecule has 162 valence electrons. The van der Waals surface area contributed by atoms with Crippen LogP contribution in [0, 0.1) is 0 Å². The fourth-order valence-electron chi connectivity index (χ4n) is 3.13. The van der Waals surface area contributed by atoms with E-state index in [0.29, 0.717) is 17.2 Å². The number of rotatable bonds is 7. The zero-order valence-electron chi connectivity index (χ0n) is 18.1. The van der Waals surface area contributed by atoms with E-state index in [-0.39, 0.29) is 6.54 Å². The van der Waals surface area contributed by atoms with E-state index in [2.05, 4.69) is 29.0 Å². The molecule has 1 heterocycles. The number of hydrogen-bond acceptors (Lipinski definition) is 5. The van der Waals surface area contributed by atoms with Crippen molar-refractivity contribution in [2.75, 3.05) is 13.7 Å². The van der Waals surface area contributed by atoms with E-state index in [4.69, 9.17) is 0 Å². The van der Waals surface area contributed by atoms with Crippen LogP contribution in [-0.4, -0.2) is 46.0 Å². The quantitative estimate of drug-likeness (QED) is 0.571. The summed E-state index contributed by atoms with van der Waals surface area (Å²) in [5.74, 6) is -0.883. The number of ether oxygens (including phenoxy) is 1. The number of aromatic nitrogens is 2. The summed E-state index contributed by atoms with van der Waals surface area (Å²) in [6.07, 6.45) is 1.64. The summed E-state index contributed by atoms with van der Waals surface area (Å²) in [4.78, 5) is 24.7. The Labute approximate surface area is 181 Å². The highest BCUT2D eigenvalue weighted by Crippen LogP contribution is 2.26. The molecule has 1 unspecified atom stereocenters. The van der Waals surface area contributed by atoms with Gasteiger partial charge >= 0.3 is 5.97 Å². The summed E-state index contributed by atoms with van der Waals surface area (Å²) in [7, 11) is 1.18. The molecule has 2 aromatic carbocycles. The first-order valence-electron chi connectivity index (χ1n) is 10.1. The predicted octanol–water partition coefficient (Wildman–Crippen LogP) is 3.32. The van der Waals surface area contributed by atoms with Crippen LogP contribution >= 0.6 is 0 Å². The average molecular weight is 421 g/mol. The molecule has 0 aliphatic heterocycles. The molecule has 7 heteroatoms. The van der Waals surface area contributed by atoms with Gasteiger partial charge < -0.3 is 15.2 Å². The van der Waals surface area contributed by atoms with Gasteiger partial charge in [0.2, 0.25) is 0 Å². The standard InChI is InChI=1S/C24H27N3O4/c1-16(2)17-10-12-18(13-11-17)21-20(14-27(26-21)19-8-6-5-7-9-19)22(28)25-15-24(3,30)23(29)31-4/h5-14,16,30H,15H2,1-4H3,(H,25,28). The van der Waals surface area contributed by atoms with Crippen LogP contribution in [0.2, 0.25) is 0 Å². The van der Waals surface area contributed by atoms with E-state index in [1.54, 1.807) is 10.9 Å². The summed E-state index contributed by atoms with van der Waals surface area (Å²) in [6, 6.07) is 17.4. The molecule has 7 nitrogen and oxygen atoms in total. The van der Waals surface area contributed by atoms with Gasteiger partial charge in [-0.1, -0.05) is 56.3 Å². The van der Waals surface area contributed by atoms with Crippen LogP contribution in [0.5, 0.6) is 0 Å². The van der Waals surface area contributed by atoms with E-state index >= 15 is 0 Å². The minimum absolute atomic E-state index is 0.291. The zero-order valence-corrected chi connectivity index (χ0v) is 18.1. The maximum Gasteiger partial charge on any atom is 0.339 e. The monoisotopic (exact) mass is 421 g/mol. The van der Waals surface area contributed by atoms with E-state index in [1.165, 1.54) is 19.6 Å². The third-order valence-electron chi connectivity index (χ3n) is 5.05. The molecule has 31 heavy (non-hydrogen) atoms. The Morgan fingerprint density at radius 1 is 1.13 bits per heavy atom. The molecule has 0 aliphatic rings. The number of methoxy groups -OCH3 is 1. The highest BCUT2D eigenvalue weighted by Gasteiger charge is 2.32. The van der Waals surface area contributed by atoms with Gasteiger partial charge in [-0.05, 0) is 30.5 Å². The smallest absolute Gasteiger partial charge is 0.339 e. The highest BCUT2D eigenvalue weighted by molar-refractivity contribution is 6.00. The Morgan fingerprint density at radius 2 is 1.77 bits per heavy atom. The SMILES string of the molecule is COC(=O)C(C)(O)CNC(=O)c1cn(-c2ccccc2)nc1-c1ccc(C(C)C)cc1. The van der Waals surface area contributed by atoms with Gasteiger partial charge in [-0.15, -0.1) is 0 Å². The molecule has 3 aromatic rings. The molecule has 2 N–H and O–H groups in total. The summed E-state index contributed by atoms with van der Waals surface area (Å²) < 4.78 is 6.22. The van der Waals surface area contributed by atoms with Gasteiger partial charge in [0.25, 0.3) is 5.91 Å². The fourth-order valence-corrected chi connectivity index (χ4v) is 3.13. The molecular formula is C24H27N3O4. The summed E-state index contributed by atoms with van der Waals surface area (Å²) in [5.41, 5.74) is 1.80. The lowest BCUT2D eigenvalue weighted by atomic mass is 9.99. The van der Waals surface area contributed by atoms with Crippen LogP contribution in [0.3, 0.4) is 0 Å². The van der Waals surface area contributed by atoms with Crippen LogP contribution in [0.15, 0.2) is 60.8 Å². The number of nitrogens with zero attached hydrogens (tertiary/aromatic N) is 2. The number of benzene rings is 2. The van der Waals surface area contributed by atoms with Crippen molar-refractivity contribution in [1.29, 1.82) is 0 Å². The molecule has 0 aliphatic carbocycles. The van der Waals surface area contributed by atoms with Gasteiger partial charge in [-0.25, -0.2) is 9.48 Å². The predicted molar refractivity (Wildman–Crippen MR) is 118 cm³/mol. The first-order valence-corrected chi connectivity index (χ1v) is 10.1. The summed E-state index contributed by atoms with van der Waals surface area (Å²) in [6.45, 7) is 5.23. The Bertz CT molecular complexity index is 1050. The summed E-state index contributed by atoms with van der Waals surface area (Å²) in [5, 5.41) is 17.5. The van der Waals surface area contributed by atoms with E-state index < -0.39 is 17.5 Å². The second-order valence-corrected chi connectivity index (χ2v) is 7.90. The number of esters is 1. The lowest BCUT2D eigenvalue weighted by Crippen LogP contribution is -2.47. The number of carbonyl (C=O) groups is 2. The zero-order chi connectivity index (χ0) is 22.6. The second-order valence-electron chi connectivity index (χ2n) is 7.90. The number of hydrogen-bond donors (Lipinski definition) is 2. The van der Waals surface area contributed by atoms with Gasteiger partial charge in [0.1, 0.15) is 5.69 Å². The topological polar surface area (TPSA) is 93.5 Å². The summed E-state index contributed by atoms with van der Waals surface area (Å²) >= 11 is 0. The molecule has 0 radical (unpaired) electrons. The number of amides is 1. The normalized spacial score (nSPS) is 13.0. The molecular weight excluding hydrogens is 394 g/mol. The van der Waals surface area contributed by atoms with Crippen LogP contribution < -0.4 is 5.32 Å². The molecule has 0 bridgehead atoms. The number of aliphatic hydroxyl groups is 1. The van der Waals surface area contributed by atoms with Crippen molar-refractivity contribution in [2.45, 2.75) is 32.3 Å². The van der Waals surface area contributed by atoms with Crippen LogP contribution in [0.1, 0.15) is 42.6 Å². The highest BCUT2D eigenvalue weighted by atomic mass is 16.5. The lowest BCUT2D eigenvalue weighted by Gasteiger charge is -2.20. The van der Waals surface area contributed by atoms with Crippen molar-refractivity contribution in [2.24, 2.45) is 0 Å². The first-order chi connectivity index (χ1) is 14.7. The molecule has 0 saturated heterocycles. The van der Waals surface area contributed by atoms with Crippen molar-refractivity contribution in [1.82, 2.24) is 15.1 Å². The largest absolute Gasteiger partial charge is 0.467 e. The number of para-hydroxylation sites is 1. The molecule has 0 spiro atoms. The maximum absolute atomic E-state index is 13.0. The maximum atomic E-state index is 13.0. The van der Waals surface area contributed by atoms with E-state index in [9.17, 15) is 14.7 Å². The lowest BCUT2D eigenvalue weighted by molar-refractivity contribution is -0.159. The van der Waals surface area contributed by atoms with Gasteiger partial charge in [0.15, 0.2) is 5.60 Å². The van der Waals surface area contributed by atoms with Crippen LogP contribution in [-0.2, 0) is 9.53 Å². The minimum atomic E-state index is -1.83. The van der Waals surface area contributed by atoms with Gasteiger partial charge in [-0.2, -0.15) is 5.10 Å². The Hall–Kier alpha value is -3.45. The third kappa shape index (κ3) is 5.00. The number of carbonyl (C=O) groups excluding carboxylic acids is 2. The molecule has 3 rings (SSSR count). The van der Waals surface area contributed by atoms with Crippen molar-refractivity contribution in [3.8, 4) is 16.9 Å². The van der Waals surface area contributed by atoms with Crippen LogP contribution in [0.25, 0.3) is 16.9 Å². The Kier molecular flexibility index (Phi) is 6.56. The van der Waals surface area contributed by atoms with Crippen molar-refractivity contribution < 1.29 is 19.4 Å². The van der Waals surface area contributed by atoms with Crippen LogP contribution in [0.4, 0.5) is 0 Å². The molecule has 0 fully saturated rings. The van der Waals surface area contributed by atoms with Gasteiger partial charge in [0, 0.05) is 11.8 Å². The van der Waals surface area contributed by atoms with E-state index in [0.717, 1.165) is 11.3 Å².